The summed E-state index contributed by atoms with van der Waals surface area (Å²) < 4.78 is 0. The van der Waals surface area contributed by atoms with E-state index in [-0.39, 0.29) is 34.8 Å². The Balaban J connectivity index is 0. The molecule has 0 saturated carbocycles. The fourth-order valence-corrected chi connectivity index (χ4v) is 0.777. The van der Waals surface area contributed by atoms with Gasteiger partial charge in [0.2, 0.25) is 0 Å². The van der Waals surface area contributed by atoms with E-state index >= 15 is 0 Å². The third kappa shape index (κ3) is 5.14. The van der Waals surface area contributed by atoms with Crippen molar-refractivity contribution in [3.05, 3.63) is 11.3 Å². The third-order valence-electron chi connectivity index (χ3n) is 1.47. The van der Waals surface area contributed by atoms with Crippen molar-refractivity contribution < 1.29 is 42.0 Å². The van der Waals surface area contributed by atoms with Crippen molar-refractivity contribution in [2.45, 2.75) is 13.3 Å². The predicted octanol–water partition coefficient (Wildman–Crippen LogP) is -0.671. The van der Waals surface area contributed by atoms with Gasteiger partial charge in [0.15, 0.2) is 11.6 Å². The largest absolute Gasteiger partial charge is 0.512 e. The Morgan fingerprint density at radius 1 is 1.14 bits per heavy atom. The molecule has 0 aromatic carbocycles. The maximum atomic E-state index is 10.9. The van der Waals surface area contributed by atoms with Crippen LogP contribution in [0.4, 0.5) is 0 Å². The predicted molar refractivity (Wildman–Crippen MR) is 44.1 cm³/mol. The number of Topliss-reactive ketones (excluding diaryl/α,β-unsaturated/α-hetero) is 2. The van der Waals surface area contributed by atoms with Gasteiger partial charge in [-0.15, -0.1) is 0 Å². The van der Waals surface area contributed by atoms with Crippen LogP contribution in [0.2, 0.25) is 0 Å². The molecule has 0 aromatic heterocycles. The summed E-state index contributed by atoms with van der Waals surface area (Å²) >= 11 is 0. The molecule has 0 fully saturated rings. The zero-order chi connectivity index (χ0) is 10.4. The summed E-state index contributed by atoms with van der Waals surface area (Å²) in [6.07, 6.45) is -0.349. The van der Waals surface area contributed by atoms with Gasteiger partial charge in [-0.05, 0) is 6.92 Å². The number of allylic oxidation sites excluding steroid dienone is 1. The Morgan fingerprint density at radius 3 is 1.93 bits per heavy atom. The van der Waals surface area contributed by atoms with Gasteiger partial charge in [0.25, 0.3) is 0 Å². The molecule has 0 spiro atoms. The monoisotopic (exact) mass is 251 g/mol. The summed E-state index contributed by atoms with van der Waals surface area (Å²) in [5.74, 6) is -1.59. The number of hydrogen-bond donors (Lipinski definition) is 3. The molecule has 0 unspecified atom stereocenters. The van der Waals surface area contributed by atoms with Gasteiger partial charge in [-0.1, -0.05) is 0 Å². The van der Waals surface area contributed by atoms with Gasteiger partial charge in [-0.2, -0.15) is 0 Å². The van der Waals surface area contributed by atoms with Crippen LogP contribution in [0.25, 0.3) is 0 Å². The second kappa shape index (κ2) is 7.70. The van der Waals surface area contributed by atoms with E-state index in [1.54, 1.807) is 0 Å². The number of carbonyl (C=O) groups excluding carboxylic acids is 2. The number of ketones is 2. The Morgan fingerprint density at radius 2 is 1.64 bits per heavy atom. The summed E-state index contributed by atoms with van der Waals surface area (Å²) in [5, 5.41) is 25.8. The van der Waals surface area contributed by atoms with Gasteiger partial charge < -0.3 is 15.3 Å². The number of rotatable bonds is 5. The van der Waals surface area contributed by atoms with Crippen LogP contribution >= 0.6 is 0 Å². The summed E-state index contributed by atoms with van der Waals surface area (Å²) in [5.41, 5.74) is -0.151. The van der Waals surface area contributed by atoms with E-state index in [4.69, 9.17) is 15.3 Å². The zero-order valence-electron chi connectivity index (χ0n) is 7.58. The fraction of sp³-hybridized carbons (Fsp3) is 0.500. The zero-order valence-corrected chi connectivity index (χ0v) is 8.52. The standard InChI is InChI=1S/C8H12O5.Cu/c1-5(11)7(8(13)4-10)2-6(12)3-9;/h9-11H,2-4H2,1H3;/b7-5-;. The van der Waals surface area contributed by atoms with Crippen molar-refractivity contribution in [1.29, 1.82) is 0 Å². The van der Waals surface area contributed by atoms with E-state index in [1.165, 1.54) is 6.92 Å². The van der Waals surface area contributed by atoms with Crippen LogP contribution in [0, 0.1) is 0 Å². The van der Waals surface area contributed by atoms with E-state index in [0.29, 0.717) is 0 Å². The van der Waals surface area contributed by atoms with Crippen LogP contribution in [-0.2, 0) is 26.7 Å². The molecule has 0 aromatic rings. The SMILES string of the molecule is C/C(O)=C(\CC(=O)CO)C(=O)CO.[Cu]. The minimum atomic E-state index is -0.758. The molecule has 0 amide bonds. The second-order valence-electron chi connectivity index (χ2n) is 2.52. The van der Waals surface area contributed by atoms with Crippen molar-refractivity contribution in [3.63, 3.8) is 0 Å². The number of carbonyl (C=O) groups is 2. The van der Waals surface area contributed by atoms with Crippen molar-refractivity contribution in [2.24, 2.45) is 0 Å². The van der Waals surface area contributed by atoms with E-state index in [2.05, 4.69) is 0 Å². The Kier molecular flexibility index (Phi) is 8.68. The van der Waals surface area contributed by atoms with Gasteiger partial charge in [0.05, 0.1) is 5.76 Å². The van der Waals surface area contributed by atoms with Crippen molar-refractivity contribution >= 4 is 11.6 Å². The Hall–Kier alpha value is -0.681. The van der Waals surface area contributed by atoms with E-state index in [9.17, 15) is 9.59 Å². The molecule has 5 nitrogen and oxygen atoms in total. The molecule has 0 saturated heterocycles. The van der Waals surface area contributed by atoms with Crippen LogP contribution in [-0.4, -0.2) is 40.1 Å². The Labute approximate surface area is 91.9 Å². The maximum absolute atomic E-state index is 10.9. The van der Waals surface area contributed by atoms with Crippen molar-refractivity contribution in [1.82, 2.24) is 0 Å². The second-order valence-corrected chi connectivity index (χ2v) is 2.52. The first-order valence-corrected chi connectivity index (χ1v) is 3.68. The van der Waals surface area contributed by atoms with Gasteiger partial charge in [0, 0.05) is 29.1 Å². The molecule has 0 aliphatic rings. The van der Waals surface area contributed by atoms with Gasteiger partial charge in [0.1, 0.15) is 13.2 Å². The van der Waals surface area contributed by atoms with E-state index in [0.717, 1.165) is 0 Å². The Bertz CT molecular complexity index is 242. The molecule has 0 aliphatic heterocycles. The number of aliphatic hydroxyl groups excluding tert-OH is 3. The topological polar surface area (TPSA) is 94.8 Å². The molecular formula is C8H12CuO5. The fourth-order valence-electron chi connectivity index (χ4n) is 0.777. The average Bonchev–Trinajstić information content (AvgIpc) is 2.11. The molecule has 1 radical (unpaired) electrons. The molecule has 0 bridgehead atoms. The van der Waals surface area contributed by atoms with Gasteiger partial charge >= 0.3 is 0 Å². The number of hydrogen-bond acceptors (Lipinski definition) is 5. The molecule has 0 atom stereocenters. The van der Waals surface area contributed by atoms with Crippen LogP contribution in [0.15, 0.2) is 11.3 Å². The van der Waals surface area contributed by atoms with Crippen LogP contribution in [0.3, 0.4) is 0 Å². The van der Waals surface area contributed by atoms with Gasteiger partial charge in [-0.3, -0.25) is 9.59 Å². The van der Waals surface area contributed by atoms with Crippen molar-refractivity contribution in [2.75, 3.05) is 13.2 Å². The third-order valence-corrected chi connectivity index (χ3v) is 1.47. The smallest absolute Gasteiger partial charge is 0.187 e. The van der Waals surface area contributed by atoms with E-state index < -0.39 is 24.8 Å². The molecule has 0 rings (SSSR count). The molecule has 0 aliphatic carbocycles. The first-order valence-electron chi connectivity index (χ1n) is 3.68. The molecule has 85 valence electrons. The number of aliphatic hydroxyl groups is 3. The minimum Gasteiger partial charge on any atom is -0.512 e. The maximum Gasteiger partial charge on any atom is 0.187 e. The van der Waals surface area contributed by atoms with Crippen LogP contribution in [0.1, 0.15) is 13.3 Å². The quantitative estimate of drug-likeness (QED) is 0.342. The summed E-state index contributed by atoms with van der Waals surface area (Å²) in [7, 11) is 0. The molecule has 0 heterocycles. The molecule has 14 heavy (non-hydrogen) atoms. The van der Waals surface area contributed by atoms with E-state index in [1.807, 2.05) is 0 Å². The minimum absolute atomic E-state index is 0. The van der Waals surface area contributed by atoms with Crippen LogP contribution < -0.4 is 0 Å². The summed E-state index contributed by atoms with van der Waals surface area (Å²) in [6.45, 7) is -0.199. The van der Waals surface area contributed by atoms with Crippen molar-refractivity contribution in [3.8, 4) is 0 Å². The first-order chi connectivity index (χ1) is 6.02. The summed E-state index contributed by atoms with van der Waals surface area (Å²) in [4.78, 5) is 21.6. The molecule has 3 N–H and O–H groups in total. The first kappa shape index (κ1) is 15.8. The normalized spacial score (nSPS) is 11.4. The summed E-state index contributed by atoms with van der Waals surface area (Å²) in [6, 6.07) is 0. The average molecular weight is 252 g/mol. The molecule has 6 heteroatoms. The van der Waals surface area contributed by atoms with Gasteiger partial charge in [-0.25, -0.2) is 0 Å². The van der Waals surface area contributed by atoms with Crippen LogP contribution in [0.5, 0.6) is 0 Å². The molecular weight excluding hydrogens is 240 g/mol.